The highest BCUT2D eigenvalue weighted by atomic mass is 32.2. The summed E-state index contributed by atoms with van der Waals surface area (Å²) in [4.78, 5) is 48.5. The number of carbonyl (C=O) groups is 3. The number of thioether (sulfide) groups is 1. The van der Waals surface area contributed by atoms with E-state index in [4.69, 9.17) is 0 Å². The van der Waals surface area contributed by atoms with Crippen molar-refractivity contribution >= 4 is 40.9 Å². The monoisotopic (exact) mass is 557 g/mol. The summed E-state index contributed by atoms with van der Waals surface area (Å²) in [6, 6.07) is 14.8. The summed E-state index contributed by atoms with van der Waals surface area (Å²) in [6.45, 7) is 5.26. The SMILES string of the molecule is Cc1cccc(C)c1N1CC=C[C@]23S[C@H]4C=CCN(c5ccccc5)C(=O)[C@H]4[C@H]2C(=O)N(CCCCO)C3C1=O. The number of aliphatic hydroxyl groups is 1. The summed E-state index contributed by atoms with van der Waals surface area (Å²) < 4.78 is -0.853. The molecule has 208 valence electrons. The summed E-state index contributed by atoms with van der Waals surface area (Å²) in [5.41, 5.74) is 3.69. The molecule has 5 atom stereocenters. The quantitative estimate of drug-likeness (QED) is 0.431. The highest BCUT2D eigenvalue weighted by Gasteiger charge is 2.71. The van der Waals surface area contributed by atoms with Gasteiger partial charge in [-0.05, 0) is 49.9 Å². The minimum Gasteiger partial charge on any atom is -0.396 e. The Labute approximate surface area is 239 Å². The lowest BCUT2D eigenvalue weighted by atomic mass is 9.78. The lowest BCUT2D eigenvalue weighted by Crippen LogP contribution is -2.53. The number of unbranched alkanes of at least 4 members (excludes halogenated alkanes) is 1. The molecule has 3 amide bonds. The molecule has 7 nitrogen and oxygen atoms in total. The molecule has 1 unspecified atom stereocenters. The number of carbonyl (C=O) groups excluding carboxylic acids is 3. The molecule has 0 aromatic heterocycles. The largest absolute Gasteiger partial charge is 0.396 e. The van der Waals surface area contributed by atoms with Crippen molar-refractivity contribution in [2.75, 3.05) is 36.0 Å². The van der Waals surface area contributed by atoms with Gasteiger partial charge in [0.1, 0.15) is 6.04 Å². The van der Waals surface area contributed by atoms with Crippen molar-refractivity contribution in [3.05, 3.63) is 84.0 Å². The van der Waals surface area contributed by atoms with Gasteiger partial charge in [-0.15, -0.1) is 11.8 Å². The van der Waals surface area contributed by atoms with Crippen LogP contribution in [0.3, 0.4) is 0 Å². The van der Waals surface area contributed by atoms with E-state index in [0.717, 1.165) is 22.5 Å². The van der Waals surface area contributed by atoms with E-state index in [9.17, 15) is 19.5 Å². The molecular formula is C32H35N3O4S. The van der Waals surface area contributed by atoms with Gasteiger partial charge in [0.05, 0.1) is 16.6 Å². The summed E-state index contributed by atoms with van der Waals surface area (Å²) in [6.07, 6.45) is 9.29. The van der Waals surface area contributed by atoms with Gasteiger partial charge in [0.2, 0.25) is 11.8 Å². The highest BCUT2D eigenvalue weighted by Crippen LogP contribution is 2.61. The van der Waals surface area contributed by atoms with Crippen LogP contribution in [0.25, 0.3) is 0 Å². The first kappa shape index (κ1) is 26.8. The van der Waals surface area contributed by atoms with E-state index in [1.165, 1.54) is 0 Å². The molecule has 1 spiro atoms. The van der Waals surface area contributed by atoms with E-state index < -0.39 is 22.6 Å². The van der Waals surface area contributed by atoms with Gasteiger partial charge in [-0.2, -0.15) is 0 Å². The molecule has 4 heterocycles. The van der Waals surface area contributed by atoms with Crippen molar-refractivity contribution in [3.63, 3.8) is 0 Å². The van der Waals surface area contributed by atoms with Crippen LogP contribution in [0, 0.1) is 25.7 Å². The van der Waals surface area contributed by atoms with Gasteiger partial charge < -0.3 is 19.8 Å². The maximum Gasteiger partial charge on any atom is 0.251 e. The standard InChI is InChI=1S/C32H35N3O4S/c1-21-11-8-12-22(2)27(21)34-19-10-16-32-26(30(38)35(17-6-7-20-36)28(32)31(34)39)25-24(40-32)15-9-18-33(29(25)37)23-13-4-3-5-14-23/h3-5,8-16,24-26,28,36H,6-7,17-20H2,1-2H3/t24-,25+,26-,28?,32-/m0/s1. The normalized spacial score (nSPS) is 29.4. The van der Waals surface area contributed by atoms with Crippen molar-refractivity contribution < 1.29 is 19.5 Å². The predicted octanol–water partition coefficient (Wildman–Crippen LogP) is 3.88. The molecule has 0 radical (unpaired) electrons. The molecule has 8 heteroatoms. The molecule has 2 saturated heterocycles. The van der Waals surface area contributed by atoms with Crippen molar-refractivity contribution in [3.8, 4) is 0 Å². The van der Waals surface area contributed by atoms with E-state index in [-0.39, 0.29) is 29.6 Å². The lowest BCUT2D eigenvalue weighted by molar-refractivity contribution is -0.138. The first-order valence-electron chi connectivity index (χ1n) is 14.1. The number of rotatable bonds is 6. The van der Waals surface area contributed by atoms with Gasteiger partial charge in [0.15, 0.2) is 0 Å². The molecular weight excluding hydrogens is 522 g/mol. The van der Waals surface area contributed by atoms with E-state index in [0.29, 0.717) is 32.5 Å². The van der Waals surface area contributed by atoms with Crippen molar-refractivity contribution in [1.29, 1.82) is 0 Å². The molecule has 40 heavy (non-hydrogen) atoms. The zero-order valence-electron chi connectivity index (χ0n) is 22.9. The number of hydrogen-bond acceptors (Lipinski definition) is 5. The maximum atomic E-state index is 14.6. The molecule has 0 bridgehead atoms. The highest BCUT2D eigenvalue weighted by molar-refractivity contribution is 8.02. The fourth-order valence-corrected chi connectivity index (χ4v) is 9.05. The first-order valence-corrected chi connectivity index (χ1v) is 14.9. The van der Waals surface area contributed by atoms with Gasteiger partial charge >= 0.3 is 0 Å². The van der Waals surface area contributed by atoms with Gasteiger partial charge in [-0.25, -0.2) is 0 Å². The number of fused-ring (bicyclic) bond motifs is 2. The Bertz CT molecular complexity index is 1370. The van der Waals surface area contributed by atoms with Crippen molar-refractivity contribution in [2.45, 2.75) is 42.7 Å². The molecule has 6 rings (SSSR count). The third-order valence-corrected chi connectivity index (χ3v) is 10.5. The van der Waals surface area contributed by atoms with Crippen LogP contribution in [0.5, 0.6) is 0 Å². The second-order valence-corrected chi connectivity index (χ2v) is 12.6. The minimum atomic E-state index is -0.853. The number of aryl methyl sites for hydroxylation is 2. The van der Waals surface area contributed by atoms with Gasteiger partial charge in [-0.3, -0.25) is 14.4 Å². The lowest BCUT2D eigenvalue weighted by Gasteiger charge is -2.36. The van der Waals surface area contributed by atoms with Gasteiger partial charge in [-0.1, -0.05) is 60.7 Å². The smallest absolute Gasteiger partial charge is 0.251 e. The zero-order chi connectivity index (χ0) is 28.0. The average molecular weight is 558 g/mol. The first-order chi connectivity index (χ1) is 19.4. The molecule has 0 saturated carbocycles. The summed E-state index contributed by atoms with van der Waals surface area (Å²) in [5, 5.41) is 9.25. The van der Waals surface area contributed by atoms with E-state index in [1.54, 1.807) is 21.6 Å². The van der Waals surface area contributed by atoms with Crippen LogP contribution in [0.2, 0.25) is 0 Å². The Hall–Kier alpha value is -3.36. The Morgan fingerprint density at radius 2 is 1.60 bits per heavy atom. The minimum absolute atomic E-state index is 0.0262. The van der Waals surface area contributed by atoms with Crippen LogP contribution in [-0.2, 0) is 14.4 Å². The Morgan fingerprint density at radius 3 is 2.33 bits per heavy atom. The second-order valence-electron chi connectivity index (χ2n) is 11.1. The maximum absolute atomic E-state index is 14.6. The number of nitrogens with zero attached hydrogens (tertiary/aromatic N) is 3. The number of likely N-dealkylation sites (tertiary alicyclic amines) is 1. The number of hydrogen-bond donors (Lipinski definition) is 1. The summed E-state index contributed by atoms with van der Waals surface area (Å²) in [7, 11) is 0. The van der Waals surface area contributed by atoms with Crippen molar-refractivity contribution in [2.24, 2.45) is 11.8 Å². The number of benzene rings is 2. The number of para-hydroxylation sites is 2. The predicted molar refractivity (Wildman–Crippen MR) is 158 cm³/mol. The fourth-order valence-electron chi connectivity index (χ4n) is 7.04. The number of anilines is 2. The zero-order valence-corrected chi connectivity index (χ0v) is 23.7. The molecule has 4 aliphatic rings. The summed E-state index contributed by atoms with van der Waals surface area (Å²) >= 11 is 1.60. The number of amides is 3. The van der Waals surface area contributed by atoms with Crippen LogP contribution >= 0.6 is 11.8 Å². The fraction of sp³-hybridized carbons (Fsp3) is 0.406. The average Bonchev–Trinajstić information content (AvgIpc) is 3.25. The van der Waals surface area contributed by atoms with Crippen LogP contribution < -0.4 is 9.80 Å². The molecule has 2 fully saturated rings. The Balaban J connectivity index is 1.44. The van der Waals surface area contributed by atoms with Crippen LogP contribution in [-0.4, -0.2) is 70.0 Å². The van der Waals surface area contributed by atoms with Gasteiger partial charge in [0.25, 0.3) is 5.91 Å². The van der Waals surface area contributed by atoms with Crippen LogP contribution in [0.4, 0.5) is 11.4 Å². The molecule has 1 N–H and O–H groups in total. The van der Waals surface area contributed by atoms with Gasteiger partial charge in [0, 0.05) is 42.9 Å². The van der Waals surface area contributed by atoms with E-state index >= 15 is 0 Å². The molecule has 2 aromatic carbocycles. The van der Waals surface area contributed by atoms with Crippen LogP contribution in [0.1, 0.15) is 24.0 Å². The Morgan fingerprint density at radius 1 is 0.875 bits per heavy atom. The third kappa shape index (κ3) is 4.11. The molecule has 2 aromatic rings. The van der Waals surface area contributed by atoms with Crippen LogP contribution in [0.15, 0.2) is 72.8 Å². The second kappa shape index (κ2) is 10.6. The molecule has 0 aliphatic carbocycles. The molecule has 4 aliphatic heterocycles. The Kier molecular flexibility index (Phi) is 7.09. The third-order valence-electron chi connectivity index (χ3n) is 8.74. The number of aliphatic hydroxyl groups excluding tert-OH is 1. The van der Waals surface area contributed by atoms with E-state index in [1.807, 2.05) is 79.4 Å². The summed E-state index contributed by atoms with van der Waals surface area (Å²) in [5.74, 6) is -1.55. The van der Waals surface area contributed by atoms with E-state index in [2.05, 4.69) is 12.2 Å². The topological polar surface area (TPSA) is 81.2 Å². The van der Waals surface area contributed by atoms with Crippen molar-refractivity contribution in [1.82, 2.24) is 4.90 Å².